The third-order valence-corrected chi connectivity index (χ3v) is 6.12. The van der Waals surface area contributed by atoms with Gasteiger partial charge in [0.1, 0.15) is 11.6 Å². The Kier molecular flexibility index (Phi) is 5.20. The highest BCUT2D eigenvalue weighted by molar-refractivity contribution is 5.85. The maximum absolute atomic E-state index is 15.1. The van der Waals surface area contributed by atoms with E-state index in [0.29, 0.717) is 55.4 Å². The molecule has 1 saturated carbocycles. The van der Waals surface area contributed by atoms with E-state index >= 15 is 4.39 Å². The Morgan fingerprint density at radius 2 is 1.91 bits per heavy atom. The van der Waals surface area contributed by atoms with Gasteiger partial charge in [-0.25, -0.2) is 14.0 Å². The van der Waals surface area contributed by atoms with Gasteiger partial charge in [0.15, 0.2) is 11.5 Å². The van der Waals surface area contributed by atoms with Crippen molar-refractivity contribution < 1.29 is 27.9 Å². The van der Waals surface area contributed by atoms with Crippen molar-refractivity contribution in [3.63, 3.8) is 0 Å². The first kappa shape index (κ1) is 21.3. The average Bonchev–Trinajstić information content (AvgIpc) is 3.56. The zero-order valence-corrected chi connectivity index (χ0v) is 17.9. The molecule has 0 unspecified atom stereocenters. The molecule has 3 heterocycles. The molecular weight excluding hydrogens is 437 g/mol. The first-order chi connectivity index (χ1) is 15.8. The van der Waals surface area contributed by atoms with Gasteiger partial charge in [0.2, 0.25) is 5.43 Å². The summed E-state index contributed by atoms with van der Waals surface area (Å²) in [5, 5.41) is 9.02. The number of halogens is 1. The number of anilines is 1. The van der Waals surface area contributed by atoms with Crippen LogP contribution >= 0.6 is 0 Å². The van der Waals surface area contributed by atoms with Crippen molar-refractivity contribution in [2.75, 3.05) is 31.1 Å². The van der Waals surface area contributed by atoms with Gasteiger partial charge in [-0.05, 0) is 31.9 Å². The molecule has 33 heavy (non-hydrogen) atoms. The van der Waals surface area contributed by atoms with Crippen LogP contribution < -0.4 is 20.9 Å². The second-order valence-electron chi connectivity index (χ2n) is 8.35. The van der Waals surface area contributed by atoms with Crippen molar-refractivity contribution in [3.05, 3.63) is 56.5 Å². The highest BCUT2D eigenvalue weighted by Crippen LogP contribution is 2.39. The number of nitrogens with zero attached hydrogens (tertiary/aromatic N) is 3. The first-order valence-corrected chi connectivity index (χ1v) is 10.7. The van der Waals surface area contributed by atoms with Crippen molar-refractivity contribution in [3.8, 4) is 5.75 Å². The molecular formula is C22H22FN3O7. The molecule has 0 amide bonds. The quantitative estimate of drug-likeness (QED) is 0.575. The highest BCUT2D eigenvalue weighted by Gasteiger charge is 2.28. The van der Waals surface area contributed by atoms with Crippen LogP contribution in [0.25, 0.3) is 10.9 Å². The zero-order valence-electron chi connectivity index (χ0n) is 17.9. The van der Waals surface area contributed by atoms with E-state index in [1.54, 1.807) is 17.6 Å². The second kappa shape index (κ2) is 8.07. The first-order valence-electron chi connectivity index (χ1n) is 10.7. The maximum Gasteiger partial charge on any atom is 0.519 e. The number of aromatic nitrogens is 1. The number of rotatable bonds is 5. The van der Waals surface area contributed by atoms with Gasteiger partial charge in [0, 0.05) is 32.2 Å². The molecule has 1 N–H and O–H groups in total. The molecule has 10 nitrogen and oxygen atoms in total. The molecule has 1 saturated heterocycles. The fourth-order valence-electron chi connectivity index (χ4n) is 4.27. The summed E-state index contributed by atoms with van der Waals surface area (Å²) in [4.78, 5) is 38.9. The van der Waals surface area contributed by atoms with Crippen LogP contribution in [0.2, 0.25) is 0 Å². The number of piperazine rings is 1. The van der Waals surface area contributed by atoms with Gasteiger partial charge in [0.25, 0.3) is 0 Å². The van der Waals surface area contributed by atoms with Gasteiger partial charge in [-0.3, -0.25) is 9.69 Å². The minimum atomic E-state index is -1.59. The number of aryl methyl sites for hydroxylation is 1. The zero-order chi connectivity index (χ0) is 23.3. The number of ether oxygens (including phenoxy) is 1. The third-order valence-electron chi connectivity index (χ3n) is 6.12. The average molecular weight is 459 g/mol. The molecule has 0 radical (unpaired) electrons. The SMILES string of the molecule is Cc1oc(=O)oc1CN1CCN(c2cc3c(cc2F)c(=O)c(OC(=O)O)cn3C2CC2)CC1. The van der Waals surface area contributed by atoms with Crippen LogP contribution in [0, 0.1) is 12.7 Å². The topological polar surface area (TPSA) is 118 Å². The molecule has 1 aromatic carbocycles. The Bertz CT molecular complexity index is 1350. The van der Waals surface area contributed by atoms with Gasteiger partial charge >= 0.3 is 12.0 Å². The summed E-state index contributed by atoms with van der Waals surface area (Å²) in [6.45, 7) is 4.42. The van der Waals surface area contributed by atoms with E-state index in [2.05, 4.69) is 9.64 Å². The minimum absolute atomic E-state index is 0.0889. The minimum Gasteiger partial charge on any atom is -0.449 e. The van der Waals surface area contributed by atoms with Crippen LogP contribution in [-0.2, 0) is 6.54 Å². The van der Waals surface area contributed by atoms with Crippen molar-refractivity contribution >= 4 is 22.7 Å². The molecule has 2 fully saturated rings. The number of pyridine rings is 1. The van der Waals surface area contributed by atoms with Gasteiger partial charge in [0.05, 0.1) is 29.3 Å². The van der Waals surface area contributed by atoms with E-state index in [1.807, 2.05) is 4.90 Å². The van der Waals surface area contributed by atoms with Crippen LogP contribution in [0.15, 0.2) is 36.8 Å². The standard InChI is InChI=1S/C22H22FN3O7/c1-12-18(33-22(30)31-12)10-24-4-6-25(7-5-24)17-9-16-14(8-15(17)23)20(27)19(32-21(28)29)11-26(16)13-2-3-13/h8-9,11,13H,2-7,10H2,1H3,(H,28,29). The number of hydrogen-bond acceptors (Lipinski definition) is 8. The lowest BCUT2D eigenvalue weighted by Crippen LogP contribution is -2.46. The van der Waals surface area contributed by atoms with Crippen LogP contribution in [-0.4, -0.2) is 46.9 Å². The molecule has 0 bridgehead atoms. The van der Waals surface area contributed by atoms with Gasteiger partial charge in [-0.1, -0.05) is 0 Å². The van der Waals surface area contributed by atoms with E-state index in [0.717, 1.165) is 18.9 Å². The van der Waals surface area contributed by atoms with E-state index in [9.17, 15) is 14.4 Å². The predicted octanol–water partition coefficient (Wildman–Crippen LogP) is 2.71. The summed E-state index contributed by atoms with van der Waals surface area (Å²) in [7, 11) is 0. The molecule has 1 aliphatic heterocycles. The monoisotopic (exact) mass is 459 g/mol. The Morgan fingerprint density at radius 1 is 1.18 bits per heavy atom. The van der Waals surface area contributed by atoms with Crippen LogP contribution in [0.3, 0.4) is 0 Å². The molecule has 3 aromatic rings. The van der Waals surface area contributed by atoms with Gasteiger partial charge in [-0.15, -0.1) is 0 Å². The van der Waals surface area contributed by atoms with Crippen molar-refractivity contribution in [1.82, 2.24) is 9.47 Å². The summed E-state index contributed by atoms with van der Waals surface area (Å²) in [6.07, 6.45) is 1.59. The smallest absolute Gasteiger partial charge is 0.449 e. The van der Waals surface area contributed by atoms with E-state index in [-0.39, 0.29) is 17.2 Å². The van der Waals surface area contributed by atoms with Gasteiger partial charge in [-0.2, -0.15) is 0 Å². The number of carbonyl (C=O) groups is 1. The van der Waals surface area contributed by atoms with Crippen molar-refractivity contribution in [2.24, 2.45) is 0 Å². The molecule has 2 aliphatic rings. The fourth-order valence-corrected chi connectivity index (χ4v) is 4.27. The van der Waals surface area contributed by atoms with E-state index < -0.39 is 23.2 Å². The van der Waals surface area contributed by atoms with Crippen LogP contribution in [0.1, 0.15) is 30.4 Å². The summed E-state index contributed by atoms with van der Waals surface area (Å²) in [6, 6.07) is 2.94. The summed E-state index contributed by atoms with van der Waals surface area (Å²) in [5.74, 6) is -0.674. The molecule has 0 atom stereocenters. The lowest BCUT2D eigenvalue weighted by atomic mass is 10.1. The van der Waals surface area contributed by atoms with E-state index in [4.69, 9.17) is 13.9 Å². The molecule has 0 spiro atoms. The molecule has 1 aliphatic carbocycles. The van der Waals surface area contributed by atoms with Gasteiger partial charge < -0.3 is 28.1 Å². The summed E-state index contributed by atoms with van der Waals surface area (Å²) >= 11 is 0. The van der Waals surface area contributed by atoms with E-state index in [1.165, 1.54) is 6.20 Å². The lowest BCUT2D eigenvalue weighted by molar-refractivity contribution is 0.143. The number of benzene rings is 1. The van der Waals surface area contributed by atoms with Crippen molar-refractivity contribution in [2.45, 2.75) is 32.4 Å². The molecule has 5 rings (SSSR count). The summed E-state index contributed by atoms with van der Waals surface area (Å²) < 4.78 is 31.5. The Hall–Kier alpha value is -3.60. The Balaban J connectivity index is 1.42. The molecule has 174 valence electrons. The number of hydrogen-bond donors (Lipinski definition) is 1. The Labute approximate surface area is 186 Å². The highest BCUT2D eigenvalue weighted by atomic mass is 19.1. The second-order valence-corrected chi connectivity index (χ2v) is 8.35. The van der Waals surface area contributed by atoms with Crippen molar-refractivity contribution in [1.29, 1.82) is 0 Å². The normalized spacial score (nSPS) is 17.0. The fraction of sp³-hybridized carbons (Fsp3) is 0.409. The largest absolute Gasteiger partial charge is 0.519 e. The van der Waals surface area contributed by atoms with Crippen LogP contribution in [0.5, 0.6) is 5.75 Å². The molecule has 2 aromatic heterocycles. The third kappa shape index (κ3) is 4.11. The molecule has 11 heteroatoms. The summed E-state index contributed by atoms with van der Waals surface area (Å²) in [5.41, 5.74) is 0.278. The number of fused-ring (bicyclic) bond motifs is 1. The predicted molar refractivity (Wildman–Crippen MR) is 115 cm³/mol. The Morgan fingerprint density at radius 3 is 2.52 bits per heavy atom. The lowest BCUT2D eigenvalue weighted by Gasteiger charge is -2.36. The maximum atomic E-state index is 15.1. The van der Waals surface area contributed by atoms with Crippen LogP contribution in [0.4, 0.5) is 14.9 Å². The number of carboxylic acid groups (broad SMARTS) is 1.